The first-order chi connectivity index (χ1) is 40.9. The number of anilines is 5. The quantitative estimate of drug-likeness (QED) is 0.00826. The number of hydrazine groups is 2. The number of hydrogen-bond acceptors (Lipinski definition) is 18. The number of unbranched alkanes of at least 4 members (excludes halogenated alkanes) is 1. The van der Waals surface area contributed by atoms with Crippen molar-refractivity contribution in [2.75, 3.05) is 53.4 Å². The van der Waals surface area contributed by atoms with Crippen molar-refractivity contribution in [1.82, 2.24) is 4.58 Å². The average Bonchev–Trinajstić information content (AvgIpc) is 0.750. The number of benzene rings is 7. The van der Waals surface area contributed by atoms with Crippen molar-refractivity contribution in [3.8, 4) is 46.0 Å². The van der Waals surface area contributed by atoms with E-state index in [2.05, 4.69) is 136 Å². The van der Waals surface area contributed by atoms with Gasteiger partial charge in [-0.2, -0.15) is 0 Å². The summed E-state index contributed by atoms with van der Waals surface area (Å²) in [5.74, 6) is 0.995. The van der Waals surface area contributed by atoms with Gasteiger partial charge in [0.2, 0.25) is 5.36 Å². The second-order valence-electron chi connectivity index (χ2n) is 21.7. The summed E-state index contributed by atoms with van der Waals surface area (Å²) in [6.45, 7) is 22.1. The van der Waals surface area contributed by atoms with E-state index < -0.39 is 9.85 Å². The second kappa shape index (κ2) is 27.0. The molecule has 0 atom stereocenters. The van der Waals surface area contributed by atoms with Crippen molar-refractivity contribution < 1.29 is 71.2 Å². The van der Waals surface area contributed by atoms with Crippen LogP contribution in [0.4, 0.5) is 39.8 Å². The fourth-order valence-electron chi connectivity index (χ4n) is 10.9. The molecule has 0 saturated carbocycles. The molecule has 22 heteroatoms. The van der Waals surface area contributed by atoms with E-state index in [-0.39, 0.29) is 96.8 Å². The van der Waals surface area contributed by atoms with Crippen molar-refractivity contribution in [1.29, 1.82) is 0 Å². The Hall–Kier alpha value is -9.93. The van der Waals surface area contributed by atoms with Gasteiger partial charge in [-0.1, -0.05) is 37.6 Å². The van der Waals surface area contributed by atoms with Gasteiger partial charge in [0, 0.05) is 101 Å². The van der Waals surface area contributed by atoms with Gasteiger partial charge in [0.1, 0.15) is 46.8 Å². The number of nitro benzene ring substituents is 2. The fraction of sp³-hybridized carbons (Fsp3) is 0.262. The van der Waals surface area contributed by atoms with Crippen LogP contribution in [-0.4, -0.2) is 79.2 Å². The topological polar surface area (TPSA) is 287 Å². The Kier molecular flexibility index (Phi) is 20.0. The van der Waals surface area contributed by atoms with Crippen LogP contribution in [0, 0.1) is 20.2 Å². The van der Waals surface area contributed by atoms with E-state index in [1.54, 1.807) is 0 Å². The maximum atomic E-state index is 13.6. The van der Waals surface area contributed by atoms with E-state index in [1.807, 2.05) is 18.2 Å². The van der Waals surface area contributed by atoms with E-state index in [1.165, 1.54) is 107 Å². The first-order valence-corrected chi connectivity index (χ1v) is 27.9. The number of aromatic hydroxyl groups is 5. The molecule has 7 aromatic carbocycles. The van der Waals surface area contributed by atoms with Crippen LogP contribution in [0.5, 0.6) is 46.0 Å². The van der Waals surface area contributed by atoms with Crippen molar-refractivity contribution in [3.63, 3.8) is 0 Å². The normalized spacial score (nSPS) is 13.7. The van der Waals surface area contributed by atoms with E-state index >= 15 is 0 Å². The Labute approximate surface area is 513 Å². The van der Waals surface area contributed by atoms with E-state index in [9.17, 15) is 50.6 Å². The minimum absolute atomic E-state index is 0. The van der Waals surface area contributed by atoms with Gasteiger partial charge in [-0.05, 0) is 125 Å². The van der Waals surface area contributed by atoms with Gasteiger partial charge < -0.3 is 44.6 Å². The number of rotatable bonds is 16. The van der Waals surface area contributed by atoms with E-state index in [0.717, 1.165) is 65.4 Å². The molecule has 0 aromatic heterocycles. The number of non-ortho nitro benzene ring substituents is 2. The summed E-state index contributed by atoms with van der Waals surface area (Å²) in [5.41, 5.74) is 20.5. The molecule has 457 valence electrons. The largest absolute Gasteiger partial charge is 0.508 e. The predicted octanol–water partition coefficient (Wildman–Crippen LogP) is 12.3. The molecule has 3 aliphatic rings. The number of carbonyl (C=O) groups excluding carboxylic acids is 1. The van der Waals surface area contributed by atoms with Crippen LogP contribution >= 0.6 is 0 Å². The van der Waals surface area contributed by atoms with Gasteiger partial charge in [-0.15, -0.1) is 0 Å². The number of carbonyl (C=O) groups is 1. The monoisotopic (exact) mass is 1230 g/mol. The number of likely N-dealkylation sites (N-methyl/N-ethyl adjacent to an activating group) is 2. The Bertz CT molecular complexity index is 4000. The van der Waals surface area contributed by atoms with Gasteiger partial charge in [0.05, 0.1) is 75.6 Å². The number of nitrogens with one attached hydrogen (secondary N) is 4. The predicted molar refractivity (Wildman–Crippen MR) is 334 cm³/mol. The molecule has 0 amide bonds. The number of methoxy groups -OCH3 is 1. The first-order valence-electron chi connectivity index (χ1n) is 27.9. The number of ether oxygens (including phenoxy) is 3. The number of phenolic OH excluding ortho intramolecular Hbond substituents is 5. The zero-order chi connectivity index (χ0) is 62.4. The summed E-state index contributed by atoms with van der Waals surface area (Å²) in [6.07, 6.45) is 6.52. The smallest absolute Gasteiger partial charge is 0.338 e. The fourth-order valence-corrected chi connectivity index (χ4v) is 10.9. The van der Waals surface area contributed by atoms with Crippen LogP contribution in [0.15, 0.2) is 133 Å². The molecule has 0 aliphatic carbocycles. The first kappa shape index (κ1) is 64.6. The van der Waals surface area contributed by atoms with Gasteiger partial charge >= 0.3 is 5.97 Å². The molecular formula is C65H71CoN8O13+. The Morgan fingerprint density at radius 3 is 1.82 bits per heavy atom. The number of nitro groups is 2. The number of phenols is 5. The molecule has 9 N–H and O–H groups in total. The van der Waals surface area contributed by atoms with Crippen LogP contribution in [0.25, 0.3) is 16.7 Å². The Balaban J connectivity index is 0.000000214. The van der Waals surface area contributed by atoms with Gasteiger partial charge in [-0.25, -0.2) is 9.37 Å². The van der Waals surface area contributed by atoms with Crippen molar-refractivity contribution in [2.45, 2.75) is 86.2 Å². The molecule has 1 radical (unpaired) electrons. The van der Waals surface area contributed by atoms with Gasteiger partial charge in [0.25, 0.3) is 11.4 Å². The third kappa shape index (κ3) is 14.1. The molecule has 0 fully saturated rings. The van der Waals surface area contributed by atoms with Crippen molar-refractivity contribution in [2.24, 2.45) is 0 Å². The molecule has 7 aromatic rings. The molecule has 87 heavy (non-hydrogen) atoms. The molecule has 0 bridgehead atoms. The zero-order valence-corrected chi connectivity index (χ0v) is 50.9. The van der Waals surface area contributed by atoms with Crippen molar-refractivity contribution in [3.05, 3.63) is 192 Å². The maximum Gasteiger partial charge on any atom is 0.338 e. The summed E-state index contributed by atoms with van der Waals surface area (Å²) in [6, 6.07) is 32.3. The minimum atomic E-state index is -0.627. The van der Waals surface area contributed by atoms with Crippen LogP contribution in [0.2, 0.25) is 0 Å². The number of nitrogens with zero attached hydrogens (tertiary/aromatic N) is 4. The Morgan fingerprint density at radius 1 is 0.644 bits per heavy atom. The zero-order valence-electron chi connectivity index (χ0n) is 49.9. The summed E-state index contributed by atoms with van der Waals surface area (Å²) < 4.78 is 20.2. The number of esters is 1. The molecular weight excluding hydrogens is 1160 g/mol. The third-order valence-corrected chi connectivity index (χ3v) is 14.9. The van der Waals surface area contributed by atoms with Crippen molar-refractivity contribution >= 4 is 62.5 Å². The summed E-state index contributed by atoms with van der Waals surface area (Å²) in [4.78, 5) is 36.1. The molecule has 10 rings (SSSR count). The minimum Gasteiger partial charge on any atom is -0.508 e. The number of allylic oxidation sites excluding steroid dienone is 2. The third-order valence-electron chi connectivity index (χ3n) is 14.9. The maximum absolute atomic E-state index is 13.6. The average molecular weight is 1230 g/mol. The summed E-state index contributed by atoms with van der Waals surface area (Å²) in [7, 11) is 1.38. The number of fused-ring (bicyclic) bond motifs is 4. The molecule has 0 unspecified atom stereocenters. The SMILES string of the molecule is CCCCOC(=O)c1ccccc1C1=c2cc3c(cc2Oc2cc4c(cc21)C(C)=CC(C)(C)N4CC)=[N+](CC)C(C)(C)C=C3C.COc1cc([N+](=O)[O-])ccc1NNc1cc(O)ccc1O.O=[N+]([O-])c1ccc(NNc2cc(O)ccc2O)c(O)c1.[Co]. The van der Waals surface area contributed by atoms with E-state index in [0.29, 0.717) is 17.9 Å². The summed E-state index contributed by atoms with van der Waals surface area (Å²) in [5, 5.41) is 70.8. The van der Waals surface area contributed by atoms with Crippen LogP contribution in [-0.2, 0) is 21.5 Å². The number of hydrogen-bond donors (Lipinski definition) is 9. The molecule has 21 nitrogen and oxygen atoms in total. The Morgan fingerprint density at radius 2 is 1.23 bits per heavy atom. The second-order valence-corrected chi connectivity index (χ2v) is 21.7. The van der Waals surface area contributed by atoms with E-state index in [4.69, 9.17) is 14.2 Å². The molecule has 0 saturated heterocycles. The summed E-state index contributed by atoms with van der Waals surface area (Å²) >= 11 is 0. The van der Waals surface area contributed by atoms with Crippen LogP contribution in [0.1, 0.15) is 108 Å². The van der Waals surface area contributed by atoms with Crippen LogP contribution in [0.3, 0.4) is 0 Å². The van der Waals surface area contributed by atoms with Gasteiger partial charge in [0.15, 0.2) is 11.3 Å². The molecule has 3 aliphatic heterocycles. The molecule has 3 heterocycles. The van der Waals surface area contributed by atoms with Crippen LogP contribution < -0.4 is 51.2 Å². The van der Waals surface area contributed by atoms with Gasteiger partial charge in [-0.3, -0.25) is 41.9 Å². The molecule has 0 spiro atoms. The standard InChI is InChI=1S/C40H47N2O3.C13H13N3O5.C12H11N3O5.Co/c1-10-13-18-44-38(43)28-17-15-14-16-27(28)37-31-19-29-25(4)23-39(6,7)41(11-2)33(29)21-35(31)45-36-22-34-30(20-32(36)37)26(5)24-40(8,9)42(34)12-3;1-21-13-6-8(16(19)20)2-4-10(13)14-15-11-7-9(17)3-5-12(11)18;16-8-2-4-11(17)10(6-8)14-13-9-3-1-7(15(19)20)5-12(9)18;/h14-17,19-24H,10-13,18H2,1-9H3;2-7,14-15,17-18H,1H3;1-6,13-14,16-18H;/q+1;;;.